The molecule has 1 rings (SSSR count). The summed E-state index contributed by atoms with van der Waals surface area (Å²) in [4.78, 5) is 11.5. The van der Waals surface area contributed by atoms with Gasteiger partial charge in [0.25, 0.3) is 0 Å². The van der Waals surface area contributed by atoms with Crippen molar-refractivity contribution in [3.8, 4) is 0 Å². The van der Waals surface area contributed by atoms with Crippen molar-refractivity contribution in [1.82, 2.24) is 0 Å². The highest BCUT2D eigenvalue weighted by Gasteiger charge is 1.93. The van der Waals surface area contributed by atoms with E-state index in [-0.39, 0.29) is 0 Å². The molecule has 0 bridgehead atoms. The first-order chi connectivity index (χ1) is 7.22. The van der Waals surface area contributed by atoms with Crippen molar-refractivity contribution < 1.29 is 9.90 Å². The van der Waals surface area contributed by atoms with E-state index in [0.717, 1.165) is 11.3 Å². The van der Waals surface area contributed by atoms with Gasteiger partial charge in [0, 0.05) is 11.0 Å². The second kappa shape index (κ2) is 6.30. The minimum absolute atomic E-state index is 0.670. The molecule has 2 nitrogen and oxygen atoms in total. The summed E-state index contributed by atoms with van der Waals surface area (Å²) in [5.74, 6) is 0.172. The third kappa shape index (κ3) is 4.70. The van der Waals surface area contributed by atoms with Crippen molar-refractivity contribution in [2.75, 3.05) is 5.75 Å². The van der Waals surface area contributed by atoms with E-state index < -0.39 is 5.97 Å². The van der Waals surface area contributed by atoms with Gasteiger partial charge in [0.1, 0.15) is 0 Å². The summed E-state index contributed by atoms with van der Waals surface area (Å²) in [6.45, 7) is 2.12. The van der Waals surface area contributed by atoms with Crippen LogP contribution >= 0.6 is 11.8 Å². The Balaban J connectivity index is 2.53. The number of carbonyl (C=O) groups is 1. The van der Waals surface area contributed by atoms with Crippen molar-refractivity contribution in [2.45, 2.75) is 18.2 Å². The first-order valence-corrected chi connectivity index (χ1v) is 5.82. The summed E-state index contributed by atoms with van der Waals surface area (Å²) in [7, 11) is 0. The Morgan fingerprint density at radius 1 is 1.40 bits per heavy atom. The summed E-state index contributed by atoms with van der Waals surface area (Å²) >= 11 is 1.80. The second-order valence-electron chi connectivity index (χ2n) is 3.02. The highest BCUT2D eigenvalue weighted by molar-refractivity contribution is 7.99. The lowest BCUT2D eigenvalue weighted by molar-refractivity contribution is -0.131. The average molecular weight is 222 g/mol. The zero-order valence-corrected chi connectivity index (χ0v) is 9.46. The van der Waals surface area contributed by atoms with Crippen LogP contribution in [0.3, 0.4) is 0 Å². The minimum atomic E-state index is -0.895. The van der Waals surface area contributed by atoms with Gasteiger partial charge >= 0.3 is 5.97 Å². The van der Waals surface area contributed by atoms with Gasteiger partial charge in [-0.05, 0) is 29.9 Å². The Labute approximate surface area is 94.0 Å². The van der Waals surface area contributed by atoms with E-state index >= 15 is 0 Å². The second-order valence-corrected chi connectivity index (χ2v) is 4.36. The third-order valence-corrected chi connectivity index (χ3v) is 2.74. The summed E-state index contributed by atoms with van der Waals surface area (Å²) in [6, 6.07) is 8.20. The van der Waals surface area contributed by atoms with Crippen LogP contribution < -0.4 is 0 Å². The summed E-state index contributed by atoms with van der Waals surface area (Å²) in [6.07, 6.45) is 3.50. The number of hydrogen-bond donors (Lipinski definition) is 1. The standard InChI is InChI=1S/C12H14O2S/c1-2-15-11-8-6-10(7-9-11)4-3-5-12(13)14/h3,5-9H,2,4H2,1H3,(H,13,14)/b5-3+. The molecule has 0 saturated heterocycles. The summed E-state index contributed by atoms with van der Waals surface area (Å²) in [5, 5.41) is 8.42. The van der Waals surface area contributed by atoms with Crippen molar-refractivity contribution >= 4 is 17.7 Å². The van der Waals surface area contributed by atoms with Crippen LogP contribution in [0.4, 0.5) is 0 Å². The number of carboxylic acid groups (broad SMARTS) is 1. The van der Waals surface area contributed by atoms with Crippen molar-refractivity contribution in [2.24, 2.45) is 0 Å². The molecule has 0 aliphatic carbocycles. The number of benzene rings is 1. The number of allylic oxidation sites excluding steroid dienone is 1. The fourth-order valence-electron chi connectivity index (χ4n) is 1.18. The Hall–Kier alpha value is -1.22. The number of aliphatic carboxylic acids is 1. The van der Waals surface area contributed by atoms with Gasteiger partial charge in [-0.2, -0.15) is 0 Å². The van der Waals surface area contributed by atoms with Gasteiger partial charge < -0.3 is 5.11 Å². The van der Waals surface area contributed by atoms with Gasteiger partial charge in [0.2, 0.25) is 0 Å². The number of carboxylic acids is 1. The van der Waals surface area contributed by atoms with E-state index in [1.54, 1.807) is 17.8 Å². The Morgan fingerprint density at radius 3 is 2.60 bits per heavy atom. The zero-order chi connectivity index (χ0) is 11.1. The maximum absolute atomic E-state index is 10.2. The minimum Gasteiger partial charge on any atom is -0.478 e. The SMILES string of the molecule is CCSc1ccc(C/C=C/C(=O)O)cc1. The molecule has 0 spiro atoms. The first kappa shape index (κ1) is 11.9. The van der Waals surface area contributed by atoms with E-state index in [2.05, 4.69) is 19.1 Å². The largest absolute Gasteiger partial charge is 0.478 e. The molecule has 0 radical (unpaired) electrons. The van der Waals surface area contributed by atoms with Crippen LogP contribution in [0.5, 0.6) is 0 Å². The lowest BCUT2D eigenvalue weighted by atomic mass is 10.1. The van der Waals surface area contributed by atoms with Crippen LogP contribution in [0, 0.1) is 0 Å². The fraction of sp³-hybridized carbons (Fsp3) is 0.250. The van der Waals surface area contributed by atoms with E-state index in [4.69, 9.17) is 5.11 Å². The molecule has 0 aliphatic heterocycles. The Morgan fingerprint density at radius 2 is 2.07 bits per heavy atom. The monoisotopic (exact) mass is 222 g/mol. The zero-order valence-electron chi connectivity index (χ0n) is 8.64. The molecule has 0 unspecified atom stereocenters. The van der Waals surface area contributed by atoms with Crippen LogP contribution in [0.1, 0.15) is 12.5 Å². The van der Waals surface area contributed by atoms with Gasteiger partial charge in [-0.1, -0.05) is 25.1 Å². The normalized spacial score (nSPS) is 10.7. The fourth-order valence-corrected chi connectivity index (χ4v) is 1.85. The quantitative estimate of drug-likeness (QED) is 0.614. The Bertz CT molecular complexity index is 341. The molecule has 0 fully saturated rings. The molecule has 1 N–H and O–H groups in total. The average Bonchev–Trinajstić information content (AvgIpc) is 2.20. The van der Waals surface area contributed by atoms with Gasteiger partial charge in [-0.25, -0.2) is 4.79 Å². The van der Waals surface area contributed by atoms with Gasteiger partial charge in [0.05, 0.1) is 0 Å². The van der Waals surface area contributed by atoms with E-state index in [0.29, 0.717) is 6.42 Å². The van der Waals surface area contributed by atoms with E-state index in [1.807, 2.05) is 12.1 Å². The molecule has 0 saturated carbocycles. The van der Waals surface area contributed by atoms with Crippen molar-refractivity contribution in [3.63, 3.8) is 0 Å². The molecule has 1 aromatic rings. The van der Waals surface area contributed by atoms with Crippen molar-refractivity contribution in [1.29, 1.82) is 0 Å². The van der Waals surface area contributed by atoms with Gasteiger partial charge in [0.15, 0.2) is 0 Å². The van der Waals surface area contributed by atoms with E-state index in [1.165, 1.54) is 11.0 Å². The molecule has 0 atom stereocenters. The topological polar surface area (TPSA) is 37.3 Å². The number of thioether (sulfide) groups is 1. The molecule has 15 heavy (non-hydrogen) atoms. The molecule has 1 aromatic carbocycles. The molecule has 0 aliphatic rings. The molecular formula is C12H14O2S. The molecular weight excluding hydrogens is 208 g/mol. The molecule has 0 aromatic heterocycles. The van der Waals surface area contributed by atoms with E-state index in [9.17, 15) is 4.79 Å². The third-order valence-electron chi connectivity index (χ3n) is 1.85. The van der Waals surface area contributed by atoms with Crippen LogP contribution in [0.15, 0.2) is 41.3 Å². The predicted molar refractivity (Wildman–Crippen MR) is 63.3 cm³/mol. The highest BCUT2D eigenvalue weighted by Crippen LogP contribution is 2.17. The molecule has 0 amide bonds. The van der Waals surface area contributed by atoms with Gasteiger partial charge in [-0.15, -0.1) is 11.8 Å². The summed E-state index contributed by atoms with van der Waals surface area (Å²) < 4.78 is 0. The lowest BCUT2D eigenvalue weighted by Crippen LogP contribution is -1.87. The Kier molecular flexibility index (Phi) is 4.98. The molecule has 3 heteroatoms. The van der Waals surface area contributed by atoms with Crippen LogP contribution in [-0.2, 0) is 11.2 Å². The van der Waals surface area contributed by atoms with Crippen LogP contribution in [0.25, 0.3) is 0 Å². The predicted octanol–water partition coefficient (Wildman–Crippen LogP) is 2.98. The summed E-state index contributed by atoms with van der Waals surface area (Å²) in [5.41, 5.74) is 1.13. The smallest absolute Gasteiger partial charge is 0.327 e. The highest BCUT2D eigenvalue weighted by atomic mass is 32.2. The lowest BCUT2D eigenvalue weighted by Gasteiger charge is -1.99. The molecule has 80 valence electrons. The van der Waals surface area contributed by atoms with Gasteiger partial charge in [-0.3, -0.25) is 0 Å². The van der Waals surface area contributed by atoms with Crippen molar-refractivity contribution in [3.05, 3.63) is 42.0 Å². The number of hydrogen-bond acceptors (Lipinski definition) is 2. The maximum atomic E-state index is 10.2. The molecule has 0 heterocycles. The van der Waals surface area contributed by atoms with Crippen LogP contribution in [-0.4, -0.2) is 16.8 Å². The van der Waals surface area contributed by atoms with Crippen LogP contribution in [0.2, 0.25) is 0 Å². The maximum Gasteiger partial charge on any atom is 0.327 e. The number of rotatable bonds is 5. The first-order valence-electron chi connectivity index (χ1n) is 4.83.